The van der Waals surface area contributed by atoms with Crippen LogP contribution in [0.2, 0.25) is 0 Å². The Morgan fingerprint density at radius 2 is 1.81 bits per heavy atom. The first-order valence-corrected chi connectivity index (χ1v) is 4.98. The Morgan fingerprint density at radius 3 is 2.62 bits per heavy atom. The lowest BCUT2D eigenvalue weighted by Crippen LogP contribution is -1.89. The topological polar surface area (TPSA) is 38.7 Å². The van der Waals surface area contributed by atoms with Crippen molar-refractivity contribution >= 4 is 11.0 Å². The minimum absolute atomic E-state index is 0.729. The Hall–Kier alpha value is -2.29. The lowest BCUT2D eigenvalue weighted by atomic mass is 10.2. The highest BCUT2D eigenvalue weighted by atomic mass is 14.8. The second-order valence-corrected chi connectivity index (χ2v) is 3.41. The summed E-state index contributed by atoms with van der Waals surface area (Å²) in [5.74, 6) is 0. The van der Waals surface area contributed by atoms with Gasteiger partial charge < -0.3 is 0 Å². The number of benzene rings is 1. The lowest BCUT2D eigenvalue weighted by Gasteiger charge is -2.00. The van der Waals surface area contributed by atoms with E-state index in [1.165, 1.54) is 0 Å². The number of hydrogen-bond acceptors (Lipinski definition) is 3. The van der Waals surface area contributed by atoms with Crippen molar-refractivity contribution in [2.45, 2.75) is 0 Å². The Balaban J connectivity index is 2.19. The summed E-state index contributed by atoms with van der Waals surface area (Å²) in [5, 5.41) is 0. The van der Waals surface area contributed by atoms with Crippen LogP contribution in [0, 0.1) is 6.20 Å². The predicted molar refractivity (Wildman–Crippen MR) is 61.6 cm³/mol. The van der Waals surface area contributed by atoms with Crippen LogP contribution in [0.1, 0.15) is 0 Å². The number of fused-ring (bicyclic) bond motifs is 1. The lowest BCUT2D eigenvalue weighted by molar-refractivity contribution is 1.25. The number of nitrogens with zero attached hydrogens (tertiary/aromatic N) is 3. The van der Waals surface area contributed by atoms with E-state index in [0.717, 1.165) is 22.3 Å². The Morgan fingerprint density at radius 1 is 0.938 bits per heavy atom. The van der Waals surface area contributed by atoms with E-state index >= 15 is 0 Å². The maximum Gasteiger partial charge on any atom is 0.118 e. The largest absolute Gasteiger partial charge is 0.264 e. The first-order valence-electron chi connectivity index (χ1n) is 4.98. The monoisotopic (exact) mass is 206 g/mol. The molecule has 0 saturated carbocycles. The highest BCUT2D eigenvalue weighted by Gasteiger charge is 2.02. The molecule has 0 aliphatic heterocycles. The molecule has 1 aromatic carbocycles. The molecule has 0 fully saturated rings. The summed E-state index contributed by atoms with van der Waals surface area (Å²) in [6.45, 7) is 0. The van der Waals surface area contributed by atoms with Gasteiger partial charge in [-0.1, -0.05) is 12.1 Å². The molecule has 3 nitrogen and oxygen atoms in total. The summed E-state index contributed by atoms with van der Waals surface area (Å²) in [5.41, 5.74) is 3.39. The van der Waals surface area contributed by atoms with Crippen LogP contribution in [0.5, 0.6) is 0 Å². The Kier molecular flexibility index (Phi) is 2.07. The van der Waals surface area contributed by atoms with Crippen molar-refractivity contribution in [1.82, 2.24) is 15.0 Å². The van der Waals surface area contributed by atoms with Gasteiger partial charge in [0.05, 0.1) is 11.0 Å². The normalized spacial score (nSPS) is 10.5. The van der Waals surface area contributed by atoms with Crippen molar-refractivity contribution in [1.29, 1.82) is 0 Å². The molecule has 75 valence electrons. The van der Waals surface area contributed by atoms with Gasteiger partial charge in [-0.25, -0.2) is 9.97 Å². The van der Waals surface area contributed by atoms with Crippen molar-refractivity contribution in [2.24, 2.45) is 0 Å². The number of para-hydroxylation sites is 2. The van der Waals surface area contributed by atoms with E-state index in [-0.39, 0.29) is 0 Å². The standard InChI is InChI=1S/C13H8N3/c1-2-6-12-11(5-1)15-9-13(16-12)10-4-3-7-14-8-10/h1-8H. The summed E-state index contributed by atoms with van der Waals surface area (Å²) < 4.78 is 0. The molecule has 0 amide bonds. The minimum Gasteiger partial charge on any atom is -0.264 e. The maximum absolute atomic E-state index is 4.49. The van der Waals surface area contributed by atoms with Gasteiger partial charge in [-0.05, 0) is 24.3 Å². The molecule has 0 unspecified atom stereocenters. The SMILES string of the molecule is [c]1nc2ccccc2nc1-c1cccnc1. The quantitative estimate of drug-likeness (QED) is 0.614. The van der Waals surface area contributed by atoms with E-state index in [0.29, 0.717) is 0 Å². The Bertz CT molecular complexity index is 620. The van der Waals surface area contributed by atoms with Crippen LogP contribution >= 0.6 is 0 Å². The molecule has 0 aliphatic rings. The predicted octanol–water partition coefficient (Wildman–Crippen LogP) is 2.49. The zero-order valence-corrected chi connectivity index (χ0v) is 8.46. The van der Waals surface area contributed by atoms with Crippen LogP contribution in [-0.2, 0) is 0 Å². The average molecular weight is 206 g/mol. The van der Waals surface area contributed by atoms with Gasteiger partial charge in [0.25, 0.3) is 0 Å². The van der Waals surface area contributed by atoms with Crippen LogP contribution in [-0.4, -0.2) is 15.0 Å². The second kappa shape index (κ2) is 3.70. The average Bonchev–Trinajstić information content (AvgIpc) is 2.39. The van der Waals surface area contributed by atoms with Gasteiger partial charge in [-0.2, -0.15) is 0 Å². The number of rotatable bonds is 1. The van der Waals surface area contributed by atoms with E-state index in [1.54, 1.807) is 12.4 Å². The summed E-state index contributed by atoms with van der Waals surface area (Å²) in [6, 6.07) is 11.6. The van der Waals surface area contributed by atoms with E-state index in [1.807, 2.05) is 36.4 Å². The molecule has 1 radical (unpaired) electrons. The fraction of sp³-hybridized carbons (Fsp3) is 0. The molecule has 2 aromatic heterocycles. The highest BCUT2D eigenvalue weighted by Crippen LogP contribution is 2.16. The van der Waals surface area contributed by atoms with Crippen LogP contribution in [0.3, 0.4) is 0 Å². The van der Waals surface area contributed by atoms with Crippen molar-refractivity contribution in [2.75, 3.05) is 0 Å². The molecule has 3 rings (SSSR count). The molecule has 16 heavy (non-hydrogen) atoms. The molecule has 2 heterocycles. The van der Waals surface area contributed by atoms with Gasteiger partial charge in [0.1, 0.15) is 11.9 Å². The van der Waals surface area contributed by atoms with Crippen LogP contribution in [0.15, 0.2) is 48.8 Å². The highest BCUT2D eigenvalue weighted by molar-refractivity contribution is 5.76. The molecule has 0 N–H and O–H groups in total. The summed E-state index contributed by atoms with van der Waals surface area (Å²) in [6.07, 6.45) is 6.42. The maximum atomic E-state index is 4.49. The van der Waals surface area contributed by atoms with E-state index in [4.69, 9.17) is 0 Å². The summed E-state index contributed by atoms with van der Waals surface area (Å²) in [7, 11) is 0. The van der Waals surface area contributed by atoms with Crippen molar-refractivity contribution < 1.29 is 0 Å². The zero-order chi connectivity index (χ0) is 10.8. The zero-order valence-electron chi connectivity index (χ0n) is 8.46. The van der Waals surface area contributed by atoms with E-state index < -0.39 is 0 Å². The molecule has 0 aliphatic carbocycles. The molecular weight excluding hydrogens is 198 g/mol. The van der Waals surface area contributed by atoms with Gasteiger partial charge in [0, 0.05) is 18.0 Å². The molecule has 0 spiro atoms. The number of hydrogen-bond donors (Lipinski definition) is 0. The molecule has 0 bridgehead atoms. The first-order chi connectivity index (χ1) is 7.93. The minimum atomic E-state index is 0.729. The van der Waals surface area contributed by atoms with Gasteiger partial charge in [-0.15, -0.1) is 0 Å². The van der Waals surface area contributed by atoms with Gasteiger partial charge in [0.2, 0.25) is 0 Å². The Labute approximate surface area is 92.8 Å². The van der Waals surface area contributed by atoms with Crippen LogP contribution in [0.25, 0.3) is 22.3 Å². The summed E-state index contributed by atoms with van der Waals surface area (Å²) in [4.78, 5) is 12.8. The van der Waals surface area contributed by atoms with Gasteiger partial charge in [-0.3, -0.25) is 4.98 Å². The van der Waals surface area contributed by atoms with Crippen molar-refractivity contribution in [3.8, 4) is 11.3 Å². The molecule has 0 saturated heterocycles. The van der Waals surface area contributed by atoms with Gasteiger partial charge >= 0.3 is 0 Å². The van der Waals surface area contributed by atoms with E-state index in [2.05, 4.69) is 21.1 Å². The van der Waals surface area contributed by atoms with Crippen molar-refractivity contribution in [3.05, 3.63) is 55.0 Å². The van der Waals surface area contributed by atoms with Crippen LogP contribution < -0.4 is 0 Å². The number of pyridine rings is 1. The third-order valence-corrected chi connectivity index (χ3v) is 2.33. The van der Waals surface area contributed by atoms with Gasteiger partial charge in [0.15, 0.2) is 0 Å². The fourth-order valence-electron chi connectivity index (χ4n) is 1.54. The van der Waals surface area contributed by atoms with E-state index in [9.17, 15) is 0 Å². The molecule has 0 atom stereocenters. The first kappa shape index (κ1) is 8.97. The molecular formula is C13H8N3. The third kappa shape index (κ3) is 1.52. The third-order valence-electron chi connectivity index (χ3n) is 2.33. The van der Waals surface area contributed by atoms with Crippen molar-refractivity contribution in [3.63, 3.8) is 0 Å². The van der Waals surface area contributed by atoms with Crippen LogP contribution in [0.4, 0.5) is 0 Å². The fourth-order valence-corrected chi connectivity index (χ4v) is 1.54. The summed E-state index contributed by atoms with van der Waals surface area (Å²) >= 11 is 0. The molecule has 3 heteroatoms. The molecule has 3 aromatic rings. The number of aromatic nitrogens is 3. The smallest absolute Gasteiger partial charge is 0.118 e. The second-order valence-electron chi connectivity index (χ2n) is 3.41.